The number of nitrogens with zero attached hydrogens (tertiary/aromatic N) is 2. The maximum atomic E-state index is 12.7. The smallest absolute Gasteiger partial charge is 0.240 e. The first kappa shape index (κ1) is 21.4. The summed E-state index contributed by atoms with van der Waals surface area (Å²) < 4.78 is 28.2. The molecule has 1 aliphatic heterocycles. The summed E-state index contributed by atoms with van der Waals surface area (Å²) in [5.74, 6) is 0.141. The minimum atomic E-state index is -3.58. The van der Waals surface area contributed by atoms with E-state index in [1.165, 1.54) is 12.5 Å². The first-order valence-electron chi connectivity index (χ1n) is 9.82. The number of benzene rings is 1. The molecule has 0 atom stereocenters. The van der Waals surface area contributed by atoms with Crippen molar-refractivity contribution < 1.29 is 13.2 Å². The van der Waals surface area contributed by atoms with Crippen molar-refractivity contribution in [1.29, 1.82) is 0 Å². The molecule has 0 radical (unpaired) electrons. The molecular weight excluding hydrogens is 388 g/mol. The minimum Gasteiger partial charge on any atom is -0.326 e. The topological polar surface area (TPSA) is 91.4 Å². The van der Waals surface area contributed by atoms with Crippen LogP contribution in [0.25, 0.3) is 0 Å². The van der Waals surface area contributed by atoms with E-state index in [2.05, 4.69) is 26.0 Å². The monoisotopic (exact) mass is 416 g/mol. The summed E-state index contributed by atoms with van der Waals surface area (Å²) in [6.45, 7) is 6.37. The van der Waals surface area contributed by atoms with E-state index < -0.39 is 10.0 Å². The lowest BCUT2D eigenvalue weighted by Gasteiger charge is -2.32. The zero-order valence-electron chi connectivity index (χ0n) is 16.9. The van der Waals surface area contributed by atoms with E-state index in [1.807, 2.05) is 12.3 Å². The number of likely N-dealkylation sites (tertiary alicyclic amines) is 1. The van der Waals surface area contributed by atoms with Gasteiger partial charge in [-0.05, 0) is 74.2 Å². The van der Waals surface area contributed by atoms with Gasteiger partial charge in [0.1, 0.15) is 0 Å². The number of piperidine rings is 1. The van der Waals surface area contributed by atoms with E-state index in [-0.39, 0.29) is 10.8 Å². The Kier molecular flexibility index (Phi) is 7.00. The number of sulfonamides is 1. The first-order chi connectivity index (χ1) is 13.8. The van der Waals surface area contributed by atoms with Crippen LogP contribution in [0, 0.1) is 12.8 Å². The normalized spacial score (nSPS) is 15.9. The molecule has 2 aromatic rings. The van der Waals surface area contributed by atoms with Crippen LogP contribution in [-0.2, 0) is 21.4 Å². The SMILES string of the molecule is CC(=O)Nc1ccc(S(=O)(=O)NCC2CCN(Cc3cccnc3)CC2)c(C)c1. The molecule has 156 valence electrons. The van der Waals surface area contributed by atoms with Crippen molar-refractivity contribution in [1.82, 2.24) is 14.6 Å². The van der Waals surface area contributed by atoms with Crippen LogP contribution in [0.3, 0.4) is 0 Å². The van der Waals surface area contributed by atoms with Gasteiger partial charge in [-0.25, -0.2) is 13.1 Å². The maximum Gasteiger partial charge on any atom is 0.240 e. The number of hydrogen-bond donors (Lipinski definition) is 2. The number of nitrogens with one attached hydrogen (secondary N) is 2. The number of aromatic nitrogens is 1. The highest BCUT2D eigenvalue weighted by atomic mass is 32.2. The molecule has 2 N–H and O–H groups in total. The summed E-state index contributed by atoms with van der Waals surface area (Å²) in [5, 5.41) is 2.67. The Morgan fingerprint density at radius 3 is 2.62 bits per heavy atom. The number of anilines is 1. The number of carbonyl (C=O) groups is 1. The van der Waals surface area contributed by atoms with E-state index >= 15 is 0 Å². The van der Waals surface area contributed by atoms with Crippen molar-refractivity contribution >= 4 is 21.6 Å². The Morgan fingerprint density at radius 1 is 1.24 bits per heavy atom. The van der Waals surface area contributed by atoms with Crippen LogP contribution in [0.5, 0.6) is 0 Å². The van der Waals surface area contributed by atoms with Gasteiger partial charge in [-0.3, -0.25) is 14.7 Å². The largest absolute Gasteiger partial charge is 0.326 e. The fraction of sp³-hybridized carbons (Fsp3) is 0.429. The molecular formula is C21H28N4O3S. The Balaban J connectivity index is 1.51. The average molecular weight is 417 g/mol. The van der Waals surface area contributed by atoms with Crippen molar-refractivity contribution in [2.24, 2.45) is 5.92 Å². The van der Waals surface area contributed by atoms with Gasteiger partial charge in [-0.2, -0.15) is 0 Å². The lowest BCUT2D eigenvalue weighted by atomic mass is 9.97. The first-order valence-corrected chi connectivity index (χ1v) is 11.3. The summed E-state index contributed by atoms with van der Waals surface area (Å²) in [5.41, 5.74) is 2.40. The molecule has 1 aromatic heterocycles. The number of pyridine rings is 1. The van der Waals surface area contributed by atoms with Crippen LogP contribution in [0.2, 0.25) is 0 Å². The lowest BCUT2D eigenvalue weighted by molar-refractivity contribution is -0.114. The van der Waals surface area contributed by atoms with E-state index in [0.29, 0.717) is 23.7 Å². The molecule has 1 fully saturated rings. The van der Waals surface area contributed by atoms with Gasteiger partial charge in [0.25, 0.3) is 0 Å². The van der Waals surface area contributed by atoms with Gasteiger partial charge in [0.2, 0.25) is 15.9 Å². The van der Waals surface area contributed by atoms with Crippen molar-refractivity contribution in [2.45, 2.75) is 38.1 Å². The van der Waals surface area contributed by atoms with Gasteiger partial charge in [-0.15, -0.1) is 0 Å². The second-order valence-corrected chi connectivity index (χ2v) is 9.33. The Morgan fingerprint density at radius 2 is 2.00 bits per heavy atom. The minimum absolute atomic E-state index is 0.187. The third-order valence-electron chi connectivity index (χ3n) is 5.18. The molecule has 1 saturated heterocycles. The summed E-state index contributed by atoms with van der Waals surface area (Å²) in [7, 11) is -3.58. The second kappa shape index (κ2) is 9.47. The third kappa shape index (κ3) is 6.09. The van der Waals surface area contributed by atoms with E-state index in [9.17, 15) is 13.2 Å². The highest BCUT2D eigenvalue weighted by Crippen LogP contribution is 2.22. The van der Waals surface area contributed by atoms with Gasteiger partial charge in [0, 0.05) is 38.1 Å². The van der Waals surface area contributed by atoms with Gasteiger partial charge in [-0.1, -0.05) is 6.07 Å². The van der Waals surface area contributed by atoms with Crippen LogP contribution in [0.15, 0.2) is 47.6 Å². The van der Waals surface area contributed by atoms with Gasteiger partial charge < -0.3 is 5.32 Å². The second-order valence-electron chi connectivity index (χ2n) is 7.59. The molecule has 0 bridgehead atoms. The highest BCUT2D eigenvalue weighted by Gasteiger charge is 2.23. The van der Waals surface area contributed by atoms with Crippen molar-refractivity contribution in [3.63, 3.8) is 0 Å². The van der Waals surface area contributed by atoms with Crippen molar-refractivity contribution in [3.8, 4) is 0 Å². The highest BCUT2D eigenvalue weighted by molar-refractivity contribution is 7.89. The van der Waals surface area contributed by atoms with Crippen LogP contribution >= 0.6 is 0 Å². The number of rotatable bonds is 7. The molecule has 0 spiro atoms. The Hall–Kier alpha value is -2.29. The predicted molar refractivity (Wildman–Crippen MR) is 113 cm³/mol. The lowest BCUT2D eigenvalue weighted by Crippen LogP contribution is -2.38. The summed E-state index contributed by atoms with van der Waals surface area (Å²) in [6.07, 6.45) is 5.59. The zero-order valence-corrected chi connectivity index (χ0v) is 17.7. The summed E-state index contributed by atoms with van der Waals surface area (Å²) in [4.78, 5) is 17.9. The molecule has 8 heteroatoms. The van der Waals surface area contributed by atoms with Crippen LogP contribution in [0.4, 0.5) is 5.69 Å². The molecule has 1 amide bonds. The molecule has 7 nitrogen and oxygen atoms in total. The molecule has 1 aromatic carbocycles. The molecule has 2 heterocycles. The summed E-state index contributed by atoms with van der Waals surface area (Å²) in [6, 6.07) is 8.85. The predicted octanol–water partition coefficient (Wildman–Crippen LogP) is 2.54. The Bertz CT molecular complexity index is 940. The molecule has 3 rings (SSSR count). The van der Waals surface area contributed by atoms with Crippen LogP contribution in [0.1, 0.15) is 30.9 Å². The third-order valence-corrected chi connectivity index (χ3v) is 6.77. The van der Waals surface area contributed by atoms with Crippen molar-refractivity contribution in [2.75, 3.05) is 25.0 Å². The van der Waals surface area contributed by atoms with Crippen LogP contribution < -0.4 is 10.0 Å². The van der Waals surface area contributed by atoms with Gasteiger partial charge in [0.15, 0.2) is 0 Å². The standard InChI is InChI=1S/C21H28N4O3S/c1-16-12-20(24-17(2)26)5-6-21(16)29(27,28)23-14-18-7-10-25(11-8-18)15-19-4-3-9-22-13-19/h3-6,9,12-13,18,23H,7-8,10-11,14-15H2,1-2H3,(H,24,26). The fourth-order valence-corrected chi connectivity index (χ4v) is 4.98. The van der Waals surface area contributed by atoms with E-state index in [4.69, 9.17) is 0 Å². The Labute approximate surface area is 172 Å². The van der Waals surface area contributed by atoms with Crippen LogP contribution in [-0.4, -0.2) is 43.8 Å². The number of hydrogen-bond acceptors (Lipinski definition) is 5. The fourth-order valence-electron chi connectivity index (χ4n) is 3.64. The zero-order chi connectivity index (χ0) is 20.9. The number of amides is 1. The average Bonchev–Trinajstić information content (AvgIpc) is 2.68. The summed E-state index contributed by atoms with van der Waals surface area (Å²) >= 11 is 0. The maximum absolute atomic E-state index is 12.7. The molecule has 0 aliphatic carbocycles. The van der Waals surface area contributed by atoms with Crippen molar-refractivity contribution in [3.05, 3.63) is 53.9 Å². The van der Waals surface area contributed by atoms with E-state index in [1.54, 1.807) is 31.3 Å². The van der Waals surface area contributed by atoms with Gasteiger partial charge >= 0.3 is 0 Å². The van der Waals surface area contributed by atoms with E-state index in [0.717, 1.165) is 32.5 Å². The molecule has 29 heavy (non-hydrogen) atoms. The van der Waals surface area contributed by atoms with Gasteiger partial charge in [0.05, 0.1) is 4.90 Å². The molecule has 1 aliphatic rings. The molecule has 0 unspecified atom stereocenters. The molecule has 0 saturated carbocycles. The quantitative estimate of drug-likeness (QED) is 0.724. The number of carbonyl (C=O) groups excluding carboxylic acids is 1. The number of aryl methyl sites for hydroxylation is 1.